The van der Waals surface area contributed by atoms with Crippen LogP contribution in [0.2, 0.25) is 0 Å². The Morgan fingerprint density at radius 1 is 1.09 bits per heavy atom. The zero-order valence-corrected chi connectivity index (χ0v) is 14.2. The van der Waals surface area contributed by atoms with Gasteiger partial charge < -0.3 is 0 Å². The van der Waals surface area contributed by atoms with Gasteiger partial charge in [-0.2, -0.15) is 0 Å². The van der Waals surface area contributed by atoms with Gasteiger partial charge in [0, 0.05) is 11.5 Å². The molecule has 0 N–H and O–H groups in total. The summed E-state index contributed by atoms with van der Waals surface area (Å²) >= 11 is 0. The third-order valence-electron chi connectivity index (χ3n) is 5.20. The fraction of sp³-hybridized carbons (Fsp3) is 0.409. The maximum atomic E-state index is 13.1. The summed E-state index contributed by atoms with van der Waals surface area (Å²) in [5.41, 5.74) is 4.80. The van der Waals surface area contributed by atoms with Crippen LogP contribution in [-0.4, -0.2) is 5.78 Å². The average Bonchev–Trinajstić information content (AvgIpc) is 2.58. The highest BCUT2D eigenvalue weighted by Gasteiger charge is 2.33. The summed E-state index contributed by atoms with van der Waals surface area (Å²) in [6.45, 7) is 4.34. The average molecular weight is 306 g/mol. The van der Waals surface area contributed by atoms with E-state index in [0.29, 0.717) is 11.7 Å². The summed E-state index contributed by atoms with van der Waals surface area (Å²) in [6.07, 6.45) is 5.49. The van der Waals surface area contributed by atoms with Crippen LogP contribution in [0.3, 0.4) is 0 Å². The highest BCUT2D eigenvalue weighted by Crippen LogP contribution is 2.38. The molecule has 0 bridgehead atoms. The number of benzene rings is 2. The molecule has 120 valence electrons. The molecule has 0 saturated heterocycles. The third kappa shape index (κ3) is 3.39. The number of rotatable bonds is 5. The van der Waals surface area contributed by atoms with E-state index >= 15 is 0 Å². The Morgan fingerprint density at radius 3 is 2.57 bits per heavy atom. The number of carbonyl (C=O) groups is 1. The molecule has 0 saturated carbocycles. The predicted octanol–water partition coefficient (Wildman–Crippen LogP) is 5.71. The summed E-state index contributed by atoms with van der Waals surface area (Å²) in [6, 6.07) is 17.0. The van der Waals surface area contributed by atoms with Crippen LogP contribution in [0.4, 0.5) is 0 Å². The Hall–Kier alpha value is -1.89. The van der Waals surface area contributed by atoms with Crippen molar-refractivity contribution in [1.29, 1.82) is 0 Å². The first-order valence-corrected chi connectivity index (χ1v) is 8.89. The molecule has 0 aromatic heterocycles. The second-order valence-corrected chi connectivity index (χ2v) is 6.83. The maximum absolute atomic E-state index is 13.1. The minimum Gasteiger partial charge on any atom is -0.294 e. The van der Waals surface area contributed by atoms with Gasteiger partial charge >= 0.3 is 0 Å². The van der Waals surface area contributed by atoms with Crippen molar-refractivity contribution >= 4 is 5.78 Å². The Bertz CT molecular complexity index is 669. The molecule has 0 amide bonds. The second-order valence-electron chi connectivity index (χ2n) is 6.83. The molecule has 0 unspecified atom stereocenters. The summed E-state index contributed by atoms with van der Waals surface area (Å²) < 4.78 is 0. The van der Waals surface area contributed by atoms with Gasteiger partial charge in [-0.25, -0.2) is 0 Å². The first-order valence-electron chi connectivity index (χ1n) is 8.89. The molecule has 1 nitrogen and oxygen atoms in total. The van der Waals surface area contributed by atoms with Gasteiger partial charge in [0.2, 0.25) is 0 Å². The van der Waals surface area contributed by atoms with Crippen molar-refractivity contribution in [2.75, 3.05) is 0 Å². The zero-order valence-electron chi connectivity index (χ0n) is 14.2. The minimum atomic E-state index is 0.138. The topological polar surface area (TPSA) is 17.1 Å². The largest absolute Gasteiger partial charge is 0.294 e. The van der Waals surface area contributed by atoms with Crippen LogP contribution in [0.25, 0.3) is 0 Å². The van der Waals surface area contributed by atoms with E-state index in [1.165, 1.54) is 29.5 Å². The van der Waals surface area contributed by atoms with Gasteiger partial charge in [-0.15, -0.1) is 0 Å². The van der Waals surface area contributed by atoms with E-state index in [9.17, 15) is 4.79 Å². The lowest BCUT2D eigenvalue weighted by Gasteiger charge is -2.31. The number of aryl methyl sites for hydroxylation is 2. The lowest BCUT2D eigenvalue weighted by atomic mass is 9.72. The number of carbonyl (C=O) groups excluding carboxylic acids is 1. The van der Waals surface area contributed by atoms with Gasteiger partial charge in [-0.1, -0.05) is 73.9 Å². The van der Waals surface area contributed by atoms with Gasteiger partial charge in [0.1, 0.15) is 0 Å². The SMILES string of the molecule is CCCC[C@@H](c1ccc(C)cc1)[C@@H]1CCc2ccccc2C1=O. The van der Waals surface area contributed by atoms with Crippen LogP contribution >= 0.6 is 0 Å². The van der Waals surface area contributed by atoms with E-state index in [0.717, 1.165) is 24.8 Å². The zero-order chi connectivity index (χ0) is 16.2. The van der Waals surface area contributed by atoms with Crippen LogP contribution in [0.1, 0.15) is 65.6 Å². The van der Waals surface area contributed by atoms with Crippen molar-refractivity contribution in [3.05, 3.63) is 70.8 Å². The molecule has 3 rings (SSSR count). The fourth-order valence-corrected chi connectivity index (χ4v) is 3.84. The van der Waals surface area contributed by atoms with E-state index in [4.69, 9.17) is 0 Å². The van der Waals surface area contributed by atoms with E-state index in [-0.39, 0.29) is 5.92 Å². The summed E-state index contributed by atoms with van der Waals surface area (Å²) in [7, 11) is 0. The van der Waals surface area contributed by atoms with Crippen molar-refractivity contribution in [3.63, 3.8) is 0 Å². The highest BCUT2D eigenvalue weighted by atomic mass is 16.1. The Balaban J connectivity index is 1.91. The number of Topliss-reactive ketones (excluding diaryl/α,β-unsaturated/α-hetero) is 1. The number of hydrogen-bond acceptors (Lipinski definition) is 1. The Morgan fingerprint density at radius 2 is 1.83 bits per heavy atom. The highest BCUT2D eigenvalue weighted by molar-refractivity contribution is 6.00. The van der Waals surface area contributed by atoms with Gasteiger partial charge in [0.05, 0.1) is 0 Å². The molecule has 0 radical (unpaired) electrons. The lowest BCUT2D eigenvalue weighted by Crippen LogP contribution is -2.28. The van der Waals surface area contributed by atoms with Gasteiger partial charge in [0.15, 0.2) is 5.78 Å². The van der Waals surface area contributed by atoms with Crippen molar-refractivity contribution in [3.8, 4) is 0 Å². The molecular formula is C22H26O. The maximum Gasteiger partial charge on any atom is 0.166 e. The van der Waals surface area contributed by atoms with Gasteiger partial charge in [-0.3, -0.25) is 4.79 Å². The molecule has 0 aliphatic heterocycles. The lowest BCUT2D eigenvalue weighted by molar-refractivity contribution is 0.0875. The minimum absolute atomic E-state index is 0.138. The van der Waals surface area contributed by atoms with Crippen molar-refractivity contribution in [2.24, 2.45) is 5.92 Å². The molecule has 0 fully saturated rings. The van der Waals surface area contributed by atoms with Gasteiger partial charge in [-0.05, 0) is 43.2 Å². The second kappa shape index (κ2) is 7.12. The first kappa shape index (κ1) is 16.0. The number of fused-ring (bicyclic) bond motifs is 1. The summed E-state index contributed by atoms with van der Waals surface area (Å²) in [4.78, 5) is 13.1. The molecule has 1 heteroatoms. The molecule has 0 heterocycles. The quantitative estimate of drug-likeness (QED) is 0.691. The van der Waals surface area contributed by atoms with Crippen molar-refractivity contribution < 1.29 is 4.79 Å². The molecule has 23 heavy (non-hydrogen) atoms. The van der Waals surface area contributed by atoms with E-state index in [1.54, 1.807) is 0 Å². The van der Waals surface area contributed by atoms with Crippen molar-refractivity contribution in [2.45, 2.75) is 51.9 Å². The monoisotopic (exact) mass is 306 g/mol. The molecule has 0 spiro atoms. The van der Waals surface area contributed by atoms with Crippen LogP contribution < -0.4 is 0 Å². The van der Waals surface area contributed by atoms with Crippen LogP contribution in [0.5, 0.6) is 0 Å². The number of hydrogen-bond donors (Lipinski definition) is 0. The van der Waals surface area contributed by atoms with E-state index < -0.39 is 0 Å². The number of unbranched alkanes of at least 4 members (excludes halogenated alkanes) is 1. The van der Waals surface area contributed by atoms with Crippen LogP contribution in [-0.2, 0) is 6.42 Å². The van der Waals surface area contributed by atoms with E-state index in [2.05, 4.69) is 44.2 Å². The first-order chi connectivity index (χ1) is 11.2. The summed E-state index contributed by atoms with van der Waals surface area (Å²) in [5, 5.41) is 0. The normalized spacial score (nSPS) is 18.5. The van der Waals surface area contributed by atoms with Gasteiger partial charge in [0.25, 0.3) is 0 Å². The molecule has 2 aromatic carbocycles. The molecule has 2 atom stereocenters. The number of ketones is 1. The molecule has 1 aliphatic rings. The molecule has 2 aromatic rings. The van der Waals surface area contributed by atoms with Crippen LogP contribution in [0, 0.1) is 12.8 Å². The third-order valence-corrected chi connectivity index (χ3v) is 5.20. The van der Waals surface area contributed by atoms with E-state index in [1.807, 2.05) is 18.2 Å². The summed E-state index contributed by atoms with van der Waals surface area (Å²) in [5.74, 6) is 0.851. The molecule has 1 aliphatic carbocycles. The van der Waals surface area contributed by atoms with Crippen molar-refractivity contribution in [1.82, 2.24) is 0 Å². The Labute approximate surface area is 139 Å². The predicted molar refractivity (Wildman–Crippen MR) is 96.0 cm³/mol. The smallest absolute Gasteiger partial charge is 0.166 e. The van der Waals surface area contributed by atoms with Crippen LogP contribution in [0.15, 0.2) is 48.5 Å². The standard InChI is InChI=1S/C22H26O/c1-3-4-8-19(18-12-10-16(2)11-13-18)21-15-14-17-7-5-6-9-20(17)22(21)23/h5-7,9-13,19,21H,3-4,8,14-15H2,1-2H3/t19-,21-/m0/s1. The molecular weight excluding hydrogens is 280 g/mol. The fourth-order valence-electron chi connectivity index (χ4n) is 3.84. The Kier molecular flexibility index (Phi) is 4.95.